The Bertz CT molecular complexity index is 902. The molecule has 2 aromatic carbocycles. The molecular formula is C17H12BrF3N2O2. The van der Waals surface area contributed by atoms with Gasteiger partial charge in [0.25, 0.3) is 5.91 Å². The average molecular weight is 413 g/mol. The molecule has 130 valence electrons. The largest absolute Gasteiger partial charge is 0.320 e. The first kappa shape index (κ1) is 17.5. The fourth-order valence-electron chi connectivity index (χ4n) is 2.81. The molecule has 2 aromatic rings. The zero-order valence-corrected chi connectivity index (χ0v) is 14.6. The predicted octanol–water partition coefficient (Wildman–Crippen LogP) is 4.03. The van der Waals surface area contributed by atoms with Crippen LogP contribution in [0.2, 0.25) is 0 Å². The molecule has 4 nitrogen and oxygen atoms in total. The van der Waals surface area contributed by atoms with Crippen molar-refractivity contribution in [3.63, 3.8) is 0 Å². The summed E-state index contributed by atoms with van der Waals surface area (Å²) in [5.41, 5.74) is 1.02. The van der Waals surface area contributed by atoms with E-state index in [1.807, 2.05) is 6.07 Å². The number of carbonyl (C=O) groups is 2. The van der Waals surface area contributed by atoms with Crippen molar-refractivity contribution in [1.29, 1.82) is 0 Å². The van der Waals surface area contributed by atoms with Crippen molar-refractivity contribution in [2.24, 2.45) is 0 Å². The van der Waals surface area contributed by atoms with Gasteiger partial charge in [-0.25, -0.2) is 13.2 Å². The molecule has 2 amide bonds. The summed E-state index contributed by atoms with van der Waals surface area (Å²) in [5.74, 6) is -5.78. The summed E-state index contributed by atoms with van der Waals surface area (Å²) in [6.45, 7) is 1.86. The van der Waals surface area contributed by atoms with Crippen LogP contribution < -0.4 is 10.2 Å². The second-order valence-electron chi connectivity index (χ2n) is 5.56. The third-order valence-electron chi connectivity index (χ3n) is 3.94. The SMILES string of the molecule is CC(=O)N1CCc2cc(Br)cc(NC(=O)c3ccc(F)c(F)c3F)c21. The number of nitrogens with one attached hydrogen (secondary N) is 1. The van der Waals surface area contributed by atoms with E-state index in [1.165, 1.54) is 11.8 Å². The molecule has 0 bridgehead atoms. The third-order valence-corrected chi connectivity index (χ3v) is 4.39. The van der Waals surface area contributed by atoms with Crippen LogP contribution >= 0.6 is 15.9 Å². The lowest BCUT2D eigenvalue weighted by molar-refractivity contribution is -0.116. The number of amides is 2. The summed E-state index contributed by atoms with van der Waals surface area (Å²) in [6, 6.07) is 4.94. The molecule has 0 unspecified atom stereocenters. The molecule has 0 spiro atoms. The summed E-state index contributed by atoms with van der Waals surface area (Å²) in [7, 11) is 0. The molecular weight excluding hydrogens is 401 g/mol. The van der Waals surface area contributed by atoms with Crippen molar-refractivity contribution in [2.75, 3.05) is 16.8 Å². The van der Waals surface area contributed by atoms with E-state index in [0.717, 1.165) is 11.6 Å². The first-order chi connectivity index (χ1) is 11.8. The number of halogens is 4. The third kappa shape index (κ3) is 3.13. The standard InChI is InChI=1S/C17H12BrF3N2O2/c1-8(24)23-5-4-9-6-10(18)7-13(16(9)23)22-17(25)11-2-3-12(19)15(21)14(11)20/h2-3,6-7H,4-5H2,1H3,(H,22,25). The Labute approximate surface area is 149 Å². The number of rotatable bonds is 2. The molecule has 0 saturated heterocycles. The van der Waals surface area contributed by atoms with E-state index in [1.54, 1.807) is 6.07 Å². The maximum absolute atomic E-state index is 13.8. The van der Waals surface area contributed by atoms with Crippen LogP contribution in [0.5, 0.6) is 0 Å². The van der Waals surface area contributed by atoms with Crippen LogP contribution in [0.1, 0.15) is 22.8 Å². The quantitative estimate of drug-likeness (QED) is 0.757. The van der Waals surface area contributed by atoms with Gasteiger partial charge in [-0.2, -0.15) is 0 Å². The Hall–Kier alpha value is -2.35. The van der Waals surface area contributed by atoms with Crippen LogP contribution in [0.25, 0.3) is 0 Å². The van der Waals surface area contributed by atoms with Crippen molar-refractivity contribution in [1.82, 2.24) is 0 Å². The van der Waals surface area contributed by atoms with Crippen LogP contribution in [0.3, 0.4) is 0 Å². The van der Waals surface area contributed by atoms with Crippen molar-refractivity contribution < 1.29 is 22.8 Å². The lowest BCUT2D eigenvalue weighted by atomic mass is 10.1. The second-order valence-corrected chi connectivity index (χ2v) is 6.47. The predicted molar refractivity (Wildman–Crippen MR) is 90.1 cm³/mol. The van der Waals surface area contributed by atoms with E-state index in [2.05, 4.69) is 21.2 Å². The van der Waals surface area contributed by atoms with Gasteiger partial charge in [0.05, 0.1) is 16.9 Å². The molecule has 8 heteroatoms. The summed E-state index contributed by atoms with van der Waals surface area (Å²) >= 11 is 3.32. The van der Waals surface area contributed by atoms with Crippen molar-refractivity contribution >= 4 is 39.1 Å². The van der Waals surface area contributed by atoms with Crippen LogP contribution in [0.15, 0.2) is 28.7 Å². The van der Waals surface area contributed by atoms with Crippen molar-refractivity contribution in [3.05, 3.63) is 57.3 Å². The van der Waals surface area contributed by atoms with Gasteiger partial charge < -0.3 is 10.2 Å². The van der Waals surface area contributed by atoms with Gasteiger partial charge in [0.2, 0.25) is 5.91 Å². The van der Waals surface area contributed by atoms with Crippen molar-refractivity contribution in [2.45, 2.75) is 13.3 Å². The molecule has 1 aliphatic rings. The number of benzene rings is 2. The van der Waals surface area contributed by atoms with Gasteiger partial charge in [-0.3, -0.25) is 9.59 Å². The lowest BCUT2D eigenvalue weighted by Gasteiger charge is -2.19. The number of carbonyl (C=O) groups excluding carboxylic acids is 2. The number of nitrogens with zero attached hydrogens (tertiary/aromatic N) is 1. The summed E-state index contributed by atoms with van der Waals surface area (Å²) in [5, 5.41) is 2.48. The Morgan fingerprint density at radius 2 is 1.88 bits per heavy atom. The molecule has 0 radical (unpaired) electrons. The number of hydrogen-bond acceptors (Lipinski definition) is 2. The van der Waals surface area contributed by atoms with E-state index in [4.69, 9.17) is 0 Å². The first-order valence-corrected chi connectivity index (χ1v) is 8.14. The van der Waals surface area contributed by atoms with Gasteiger partial charge in [0, 0.05) is 17.9 Å². The van der Waals surface area contributed by atoms with Crippen LogP contribution in [-0.4, -0.2) is 18.4 Å². The molecule has 25 heavy (non-hydrogen) atoms. The Balaban J connectivity index is 2.01. The highest BCUT2D eigenvalue weighted by Gasteiger charge is 2.27. The first-order valence-electron chi connectivity index (χ1n) is 7.35. The molecule has 0 aliphatic carbocycles. The highest BCUT2D eigenvalue weighted by Crippen LogP contribution is 2.38. The fraction of sp³-hybridized carbons (Fsp3) is 0.176. The zero-order valence-electron chi connectivity index (χ0n) is 13.0. The molecule has 3 rings (SSSR count). The number of hydrogen-bond donors (Lipinski definition) is 1. The summed E-state index contributed by atoms with van der Waals surface area (Å²) in [4.78, 5) is 25.6. The average Bonchev–Trinajstić information content (AvgIpc) is 2.96. The minimum atomic E-state index is -1.71. The van der Waals surface area contributed by atoms with E-state index in [9.17, 15) is 22.8 Å². The number of fused-ring (bicyclic) bond motifs is 1. The molecule has 1 N–H and O–H groups in total. The highest BCUT2D eigenvalue weighted by molar-refractivity contribution is 9.10. The smallest absolute Gasteiger partial charge is 0.258 e. The van der Waals surface area contributed by atoms with Gasteiger partial charge in [-0.15, -0.1) is 0 Å². The van der Waals surface area contributed by atoms with Gasteiger partial charge in [0.1, 0.15) is 0 Å². The minimum Gasteiger partial charge on any atom is -0.320 e. The fourth-order valence-corrected chi connectivity index (χ4v) is 3.32. The maximum Gasteiger partial charge on any atom is 0.258 e. The monoisotopic (exact) mass is 412 g/mol. The Morgan fingerprint density at radius 1 is 1.16 bits per heavy atom. The summed E-state index contributed by atoms with van der Waals surface area (Å²) < 4.78 is 40.9. The second kappa shape index (κ2) is 6.51. The van der Waals surface area contributed by atoms with Gasteiger partial charge in [0.15, 0.2) is 17.5 Å². The topological polar surface area (TPSA) is 49.4 Å². The van der Waals surface area contributed by atoms with Crippen molar-refractivity contribution in [3.8, 4) is 0 Å². The van der Waals surface area contributed by atoms with E-state index >= 15 is 0 Å². The lowest BCUT2D eigenvalue weighted by Crippen LogP contribution is -2.27. The zero-order chi connectivity index (χ0) is 18.3. The minimum absolute atomic E-state index is 0.199. The Morgan fingerprint density at radius 3 is 2.56 bits per heavy atom. The maximum atomic E-state index is 13.8. The van der Waals surface area contributed by atoms with Gasteiger partial charge >= 0.3 is 0 Å². The van der Waals surface area contributed by atoms with Gasteiger partial charge in [-0.05, 0) is 36.2 Å². The molecule has 1 heterocycles. The molecule has 0 fully saturated rings. The Kier molecular flexibility index (Phi) is 4.55. The number of anilines is 2. The van der Waals surface area contributed by atoms with Crippen LogP contribution in [-0.2, 0) is 11.2 Å². The van der Waals surface area contributed by atoms with Crippen LogP contribution in [0, 0.1) is 17.5 Å². The molecule has 1 aliphatic heterocycles. The molecule has 0 atom stereocenters. The van der Waals surface area contributed by atoms with E-state index < -0.39 is 28.9 Å². The van der Waals surface area contributed by atoms with E-state index in [-0.39, 0.29) is 11.6 Å². The normalized spacial score (nSPS) is 12.9. The summed E-state index contributed by atoms with van der Waals surface area (Å²) in [6.07, 6.45) is 0.608. The van der Waals surface area contributed by atoms with Gasteiger partial charge in [-0.1, -0.05) is 15.9 Å². The molecule has 0 aromatic heterocycles. The van der Waals surface area contributed by atoms with Crippen LogP contribution in [0.4, 0.5) is 24.5 Å². The molecule has 0 saturated carbocycles. The van der Waals surface area contributed by atoms with E-state index in [0.29, 0.717) is 29.2 Å². The highest BCUT2D eigenvalue weighted by atomic mass is 79.9.